The highest BCUT2D eigenvalue weighted by Crippen LogP contribution is 2.02. The lowest BCUT2D eigenvalue weighted by atomic mass is 10.3. The second-order valence-corrected chi connectivity index (χ2v) is 3.83. The summed E-state index contributed by atoms with van der Waals surface area (Å²) in [6.07, 6.45) is 0. The predicted molar refractivity (Wildman–Crippen MR) is 68.7 cm³/mol. The van der Waals surface area contributed by atoms with Gasteiger partial charge in [-0.15, -0.1) is 0 Å². The lowest BCUT2D eigenvalue weighted by molar-refractivity contribution is 0.381. The molecule has 0 aliphatic rings. The van der Waals surface area contributed by atoms with Gasteiger partial charge in [0.1, 0.15) is 5.75 Å². The van der Waals surface area contributed by atoms with Crippen molar-refractivity contribution in [1.29, 1.82) is 0 Å². The van der Waals surface area contributed by atoms with E-state index in [1.54, 1.807) is 24.3 Å². The molecule has 0 amide bonds. The number of phenols is 1. The van der Waals surface area contributed by atoms with E-state index in [0.29, 0.717) is 5.75 Å². The molecule has 2 rings (SSSR count). The first-order chi connectivity index (χ1) is 8.39. The highest BCUT2D eigenvalue weighted by atomic mass is 32.3. The summed E-state index contributed by atoms with van der Waals surface area (Å²) >= 11 is 0. The van der Waals surface area contributed by atoms with Gasteiger partial charge < -0.3 is 5.11 Å². The van der Waals surface area contributed by atoms with E-state index in [1.807, 2.05) is 42.5 Å². The van der Waals surface area contributed by atoms with Crippen LogP contribution in [0.4, 0.5) is 0 Å². The Bertz CT molecular complexity index is 462. The summed E-state index contributed by atoms with van der Waals surface area (Å²) in [5, 5.41) is 8.63. The first-order valence-electron chi connectivity index (χ1n) is 4.83. The molecule has 0 atom stereocenters. The zero-order chi connectivity index (χ0) is 13.9. The number of para-hydroxylation sites is 1. The summed E-state index contributed by atoms with van der Waals surface area (Å²) in [7, 11) is -4.67. The monoisotopic (exact) mass is 270 g/mol. The van der Waals surface area contributed by atoms with E-state index >= 15 is 0 Å². The first kappa shape index (κ1) is 16.1. The molecule has 18 heavy (non-hydrogen) atoms. The van der Waals surface area contributed by atoms with Crippen LogP contribution in [-0.4, -0.2) is 22.6 Å². The van der Waals surface area contributed by atoms with E-state index in [9.17, 15) is 0 Å². The highest BCUT2D eigenvalue weighted by molar-refractivity contribution is 7.79. The molecule has 2 aromatic carbocycles. The molecule has 2 aromatic rings. The van der Waals surface area contributed by atoms with Crippen LogP contribution in [0.3, 0.4) is 0 Å². The highest BCUT2D eigenvalue weighted by Gasteiger charge is 1.84. The second kappa shape index (κ2) is 9.17. The van der Waals surface area contributed by atoms with Crippen molar-refractivity contribution in [2.75, 3.05) is 0 Å². The molecule has 0 aliphatic carbocycles. The lowest BCUT2D eigenvalue weighted by Gasteiger charge is -1.82. The van der Waals surface area contributed by atoms with E-state index in [4.69, 9.17) is 22.6 Å². The van der Waals surface area contributed by atoms with Crippen molar-refractivity contribution < 1.29 is 22.6 Å². The fourth-order valence-corrected chi connectivity index (χ4v) is 0.813. The van der Waals surface area contributed by atoms with Crippen LogP contribution in [0, 0.1) is 0 Å². The molecule has 0 fully saturated rings. The maximum Gasteiger partial charge on any atom is 0.394 e. The molecule has 6 heteroatoms. The van der Waals surface area contributed by atoms with Gasteiger partial charge in [-0.25, -0.2) is 0 Å². The van der Waals surface area contributed by atoms with Crippen molar-refractivity contribution in [1.82, 2.24) is 0 Å². The maximum absolute atomic E-state index is 8.74. The molecule has 3 N–H and O–H groups in total. The number of hydrogen-bond donors (Lipinski definition) is 3. The third-order valence-corrected chi connectivity index (χ3v) is 1.42. The molecule has 0 saturated carbocycles. The van der Waals surface area contributed by atoms with E-state index in [1.165, 1.54) is 0 Å². The second-order valence-electron chi connectivity index (χ2n) is 2.94. The van der Waals surface area contributed by atoms with Gasteiger partial charge in [0.2, 0.25) is 0 Å². The zero-order valence-electron chi connectivity index (χ0n) is 9.42. The maximum atomic E-state index is 8.74. The normalized spacial score (nSPS) is 9.22. The Balaban J connectivity index is 0.000000245. The molecule has 0 aliphatic heterocycles. The molecule has 5 nitrogen and oxygen atoms in total. The Hall–Kier alpha value is -1.89. The SMILES string of the molecule is O=S(=O)(O)O.Oc1ccccc1.c1ccccc1. The molecule has 0 saturated heterocycles. The third kappa shape index (κ3) is 16.5. The van der Waals surface area contributed by atoms with Gasteiger partial charge in [-0.05, 0) is 12.1 Å². The average molecular weight is 270 g/mol. The topological polar surface area (TPSA) is 94.8 Å². The minimum atomic E-state index is -4.67. The van der Waals surface area contributed by atoms with Gasteiger partial charge >= 0.3 is 10.4 Å². The van der Waals surface area contributed by atoms with Crippen LogP contribution in [0.1, 0.15) is 0 Å². The standard InChI is InChI=1S/C6H6O.C6H6.H2O4S/c7-6-4-2-1-3-5-6;1-2-4-6-5-3-1;1-5(2,3)4/h1-5,7H;1-6H;(H2,1,2,3,4). The minimum Gasteiger partial charge on any atom is -0.508 e. The Morgan fingerprint density at radius 3 is 1.06 bits per heavy atom. The summed E-state index contributed by atoms with van der Waals surface area (Å²) in [6.45, 7) is 0. The molecule has 0 aromatic heterocycles. The Morgan fingerprint density at radius 2 is 0.889 bits per heavy atom. The van der Waals surface area contributed by atoms with Gasteiger partial charge in [0, 0.05) is 0 Å². The van der Waals surface area contributed by atoms with Crippen LogP contribution in [0.15, 0.2) is 66.7 Å². The van der Waals surface area contributed by atoms with Crippen LogP contribution in [0.25, 0.3) is 0 Å². The first-order valence-corrected chi connectivity index (χ1v) is 6.23. The molecule has 98 valence electrons. The third-order valence-electron chi connectivity index (χ3n) is 1.42. The Labute approximate surface area is 106 Å². The number of benzene rings is 2. The fourth-order valence-electron chi connectivity index (χ4n) is 0.813. The molecule has 0 bridgehead atoms. The van der Waals surface area contributed by atoms with E-state index in [-0.39, 0.29) is 0 Å². The van der Waals surface area contributed by atoms with E-state index in [2.05, 4.69) is 0 Å². The Kier molecular flexibility index (Phi) is 8.21. The number of rotatable bonds is 0. The van der Waals surface area contributed by atoms with Crippen LogP contribution in [-0.2, 0) is 10.4 Å². The van der Waals surface area contributed by atoms with Crippen LogP contribution >= 0.6 is 0 Å². The predicted octanol–water partition coefficient (Wildman–Crippen LogP) is 2.43. The van der Waals surface area contributed by atoms with Gasteiger partial charge in [0.25, 0.3) is 0 Å². The van der Waals surface area contributed by atoms with E-state index in [0.717, 1.165) is 0 Å². The van der Waals surface area contributed by atoms with Gasteiger partial charge in [-0.1, -0.05) is 54.6 Å². The molecule has 0 heterocycles. The van der Waals surface area contributed by atoms with Gasteiger partial charge in [-0.3, -0.25) is 9.11 Å². The average Bonchev–Trinajstić information content (AvgIpc) is 2.31. The van der Waals surface area contributed by atoms with Gasteiger partial charge in [0.15, 0.2) is 0 Å². The van der Waals surface area contributed by atoms with Crippen molar-refractivity contribution in [3.05, 3.63) is 66.7 Å². The molecule has 0 unspecified atom stereocenters. The lowest BCUT2D eigenvalue weighted by Crippen LogP contribution is -1.89. The van der Waals surface area contributed by atoms with Gasteiger partial charge in [-0.2, -0.15) is 8.42 Å². The summed E-state index contributed by atoms with van der Waals surface area (Å²) < 4.78 is 31.6. The number of phenolic OH excluding ortho intramolecular Hbond substituents is 1. The summed E-state index contributed by atoms with van der Waals surface area (Å²) in [6, 6.07) is 20.7. The number of aromatic hydroxyl groups is 1. The number of hydrogen-bond acceptors (Lipinski definition) is 3. The van der Waals surface area contributed by atoms with Crippen LogP contribution < -0.4 is 0 Å². The van der Waals surface area contributed by atoms with E-state index < -0.39 is 10.4 Å². The minimum absolute atomic E-state index is 0.322. The summed E-state index contributed by atoms with van der Waals surface area (Å²) in [5.74, 6) is 0.322. The quantitative estimate of drug-likeness (QED) is 0.639. The fraction of sp³-hybridized carbons (Fsp3) is 0. The van der Waals surface area contributed by atoms with Crippen molar-refractivity contribution in [2.45, 2.75) is 0 Å². The zero-order valence-corrected chi connectivity index (χ0v) is 10.2. The molecule has 0 spiro atoms. The van der Waals surface area contributed by atoms with Crippen molar-refractivity contribution in [2.24, 2.45) is 0 Å². The largest absolute Gasteiger partial charge is 0.508 e. The summed E-state index contributed by atoms with van der Waals surface area (Å²) in [4.78, 5) is 0. The van der Waals surface area contributed by atoms with Crippen LogP contribution in [0.2, 0.25) is 0 Å². The summed E-state index contributed by atoms with van der Waals surface area (Å²) in [5.41, 5.74) is 0. The smallest absolute Gasteiger partial charge is 0.394 e. The Morgan fingerprint density at radius 1 is 0.667 bits per heavy atom. The van der Waals surface area contributed by atoms with Crippen molar-refractivity contribution in [3.8, 4) is 5.75 Å². The van der Waals surface area contributed by atoms with Crippen molar-refractivity contribution in [3.63, 3.8) is 0 Å². The molecular formula is C12H14O5S. The van der Waals surface area contributed by atoms with Gasteiger partial charge in [0.05, 0.1) is 0 Å². The molecule has 0 radical (unpaired) electrons. The van der Waals surface area contributed by atoms with Crippen LogP contribution in [0.5, 0.6) is 5.75 Å². The molecular weight excluding hydrogens is 256 g/mol. The van der Waals surface area contributed by atoms with Crippen molar-refractivity contribution >= 4 is 10.4 Å².